The number of hydrogen-bond acceptors (Lipinski definition) is 5. The van der Waals surface area contributed by atoms with Gasteiger partial charge in [0.1, 0.15) is 5.82 Å². The predicted octanol–water partition coefficient (Wildman–Crippen LogP) is 3.85. The Labute approximate surface area is 190 Å². The fourth-order valence-electron chi connectivity index (χ4n) is 4.10. The van der Waals surface area contributed by atoms with Crippen molar-refractivity contribution in [1.82, 2.24) is 14.9 Å². The number of nitrogens with one attached hydrogen (secondary N) is 1. The zero-order valence-electron chi connectivity index (χ0n) is 17.9. The van der Waals surface area contributed by atoms with Crippen molar-refractivity contribution in [3.63, 3.8) is 0 Å². The van der Waals surface area contributed by atoms with E-state index >= 15 is 0 Å². The highest BCUT2D eigenvalue weighted by Crippen LogP contribution is 2.30. The quantitative estimate of drug-likeness (QED) is 0.655. The molecule has 0 radical (unpaired) electrons. The topological polar surface area (TPSA) is 70.6 Å². The van der Waals surface area contributed by atoms with E-state index in [1.807, 2.05) is 30.3 Å². The summed E-state index contributed by atoms with van der Waals surface area (Å²) in [5.41, 5.74) is 2.97. The Morgan fingerprint density at radius 3 is 2.52 bits per heavy atom. The first-order chi connectivity index (χ1) is 16.1. The summed E-state index contributed by atoms with van der Waals surface area (Å²) in [6.07, 6.45) is 0.570. The number of urea groups is 1. The molecule has 1 aromatic heterocycles. The minimum Gasteiger partial charge on any atom is -0.378 e. The van der Waals surface area contributed by atoms with Gasteiger partial charge in [-0.3, -0.25) is 0 Å². The van der Waals surface area contributed by atoms with Gasteiger partial charge in [0.15, 0.2) is 17.5 Å². The number of fused-ring (bicyclic) bond motifs is 1. The largest absolute Gasteiger partial charge is 0.378 e. The summed E-state index contributed by atoms with van der Waals surface area (Å²) in [6.45, 7) is 3.42. The number of carbonyl (C=O) groups excluding carboxylic acids is 1. The van der Waals surface area contributed by atoms with E-state index in [1.54, 1.807) is 4.90 Å². The summed E-state index contributed by atoms with van der Waals surface area (Å²) in [5, 5.41) is 2.65. The molecule has 1 fully saturated rings. The van der Waals surface area contributed by atoms with Crippen molar-refractivity contribution < 1.29 is 18.3 Å². The van der Waals surface area contributed by atoms with Gasteiger partial charge >= 0.3 is 6.03 Å². The second-order valence-electron chi connectivity index (χ2n) is 7.99. The molecule has 7 nitrogen and oxygen atoms in total. The molecule has 0 saturated carbocycles. The molecule has 33 heavy (non-hydrogen) atoms. The number of morpholine rings is 1. The third kappa shape index (κ3) is 4.49. The molecule has 2 aliphatic rings. The van der Waals surface area contributed by atoms with Crippen LogP contribution >= 0.6 is 0 Å². The molecular formula is C24H23F2N5O2. The van der Waals surface area contributed by atoms with Gasteiger partial charge in [-0.25, -0.2) is 23.5 Å². The Hall–Kier alpha value is -3.59. The second-order valence-corrected chi connectivity index (χ2v) is 7.99. The van der Waals surface area contributed by atoms with Crippen molar-refractivity contribution in [3.05, 3.63) is 71.4 Å². The van der Waals surface area contributed by atoms with Gasteiger partial charge in [-0.15, -0.1) is 0 Å². The summed E-state index contributed by atoms with van der Waals surface area (Å²) in [5.74, 6) is -0.488. The van der Waals surface area contributed by atoms with Gasteiger partial charge in [-0.1, -0.05) is 30.3 Å². The Morgan fingerprint density at radius 1 is 0.970 bits per heavy atom. The molecule has 2 aromatic carbocycles. The van der Waals surface area contributed by atoms with Gasteiger partial charge in [0.25, 0.3) is 0 Å². The van der Waals surface area contributed by atoms with Crippen molar-refractivity contribution >= 4 is 17.5 Å². The molecule has 3 aromatic rings. The number of hydrogen-bond donors (Lipinski definition) is 1. The number of halogens is 2. The molecule has 0 unspecified atom stereocenters. The van der Waals surface area contributed by atoms with Crippen LogP contribution < -0.4 is 10.2 Å². The molecule has 3 heterocycles. The van der Waals surface area contributed by atoms with Crippen LogP contribution in [0.1, 0.15) is 11.3 Å². The van der Waals surface area contributed by atoms with E-state index in [1.165, 1.54) is 6.07 Å². The van der Waals surface area contributed by atoms with Gasteiger partial charge in [0, 0.05) is 48.9 Å². The van der Waals surface area contributed by atoms with Crippen LogP contribution in [0.4, 0.5) is 25.1 Å². The first-order valence-electron chi connectivity index (χ1n) is 10.9. The zero-order chi connectivity index (χ0) is 22.8. The first-order valence-corrected chi connectivity index (χ1v) is 10.9. The van der Waals surface area contributed by atoms with Crippen LogP contribution in [-0.2, 0) is 17.7 Å². The lowest BCUT2D eigenvalue weighted by Crippen LogP contribution is -2.42. The average Bonchev–Trinajstić information content (AvgIpc) is 2.86. The highest BCUT2D eigenvalue weighted by Gasteiger charge is 2.28. The lowest BCUT2D eigenvalue weighted by molar-refractivity contribution is 0.122. The molecule has 5 rings (SSSR count). The number of benzene rings is 2. The molecule has 0 aliphatic carbocycles. The van der Waals surface area contributed by atoms with E-state index in [0.717, 1.165) is 34.8 Å². The average molecular weight is 451 g/mol. The molecular weight excluding hydrogens is 428 g/mol. The van der Waals surface area contributed by atoms with Gasteiger partial charge in [-0.05, 0) is 12.1 Å². The first kappa shape index (κ1) is 21.3. The highest BCUT2D eigenvalue weighted by atomic mass is 19.2. The number of ether oxygens (including phenoxy) is 1. The minimum absolute atomic E-state index is 0.203. The van der Waals surface area contributed by atoms with Crippen LogP contribution in [0.3, 0.4) is 0 Å². The van der Waals surface area contributed by atoms with Crippen molar-refractivity contribution in [2.75, 3.05) is 43.1 Å². The number of rotatable bonds is 3. The van der Waals surface area contributed by atoms with Gasteiger partial charge in [-0.2, -0.15) is 0 Å². The second kappa shape index (κ2) is 9.11. The lowest BCUT2D eigenvalue weighted by atomic mass is 10.0. The SMILES string of the molecule is O=C(Nc1ccc(F)c(F)c1)N1CCc2nc(-c3ccccc3)nc(N3CCOCC3)c2C1. The maximum absolute atomic E-state index is 13.5. The Balaban J connectivity index is 1.44. The molecule has 1 saturated heterocycles. The fourth-order valence-corrected chi connectivity index (χ4v) is 4.10. The summed E-state index contributed by atoms with van der Waals surface area (Å²) >= 11 is 0. The third-order valence-electron chi connectivity index (χ3n) is 5.84. The van der Waals surface area contributed by atoms with E-state index in [2.05, 4.69) is 10.2 Å². The van der Waals surface area contributed by atoms with Crippen molar-refractivity contribution in [1.29, 1.82) is 0 Å². The van der Waals surface area contributed by atoms with Gasteiger partial charge < -0.3 is 19.9 Å². The van der Waals surface area contributed by atoms with Gasteiger partial charge in [0.05, 0.1) is 25.5 Å². The van der Waals surface area contributed by atoms with Crippen LogP contribution in [0.2, 0.25) is 0 Å². The Bertz CT molecular complexity index is 1170. The summed E-state index contributed by atoms with van der Waals surface area (Å²) in [6, 6.07) is 12.7. The van der Waals surface area contributed by atoms with E-state index in [-0.39, 0.29) is 11.7 Å². The number of amides is 2. The minimum atomic E-state index is -1.01. The Kier molecular flexibility index (Phi) is 5.87. The smallest absolute Gasteiger partial charge is 0.322 e. The molecule has 1 N–H and O–H groups in total. The highest BCUT2D eigenvalue weighted by molar-refractivity contribution is 5.89. The molecule has 2 amide bonds. The summed E-state index contributed by atoms with van der Waals surface area (Å²) in [7, 11) is 0. The fraction of sp³-hybridized carbons (Fsp3) is 0.292. The van der Waals surface area contributed by atoms with E-state index in [4.69, 9.17) is 14.7 Å². The van der Waals surface area contributed by atoms with Crippen LogP contribution in [0, 0.1) is 11.6 Å². The standard InChI is InChI=1S/C24H23F2N5O2/c25-19-7-6-17(14-20(19)26)27-24(32)31-9-8-21-18(15-31)23(30-10-12-33-13-11-30)29-22(28-21)16-4-2-1-3-5-16/h1-7,14H,8-13,15H2,(H,27,32). The third-order valence-corrected chi connectivity index (χ3v) is 5.84. The van der Waals surface area contributed by atoms with E-state index in [0.29, 0.717) is 51.6 Å². The maximum atomic E-state index is 13.5. The Morgan fingerprint density at radius 2 is 1.76 bits per heavy atom. The van der Waals surface area contributed by atoms with Crippen molar-refractivity contribution in [2.24, 2.45) is 0 Å². The number of aromatic nitrogens is 2. The maximum Gasteiger partial charge on any atom is 0.322 e. The summed E-state index contributed by atoms with van der Waals surface area (Å²) in [4.78, 5) is 26.4. The monoisotopic (exact) mass is 451 g/mol. The molecule has 0 atom stereocenters. The van der Waals surface area contributed by atoms with Crippen molar-refractivity contribution in [3.8, 4) is 11.4 Å². The molecule has 0 bridgehead atoms. The van der Waals surface area contributed by atoms with Crippen molar-refractivity contribution in [2.45, 2.75) is 13.0 Å². The molecule has 170 valence electrons. The number of nitrogens with zero attached hydrogens (tertiary/aromatic N) is 4. The molecule has 9 heteroatoms. The van der Waals surface area contributed by atoms with E-state index < -0.39 is 11.6 Å². The summed E-state index contributed by atoms with van der Waals surface area (Å²) < 4.78 is 32.2. The van der Waals surface area contributed by atoms with Gasteiger partial charge in [0.2, 0.25) is 0 Å². The molecule has 0 spiro atoms. The van der Waals surface area contributed by atoms with Crippen LogP contribution in [0.25, 0.3) is 11.4 Å². The lowest BCUT2D eigenvalue weighted by Gasteiger charge is -2.34. The van der Waals surface area contributed by atoms with Crippen LogP contribution in [-0.4, -0.2) is 53.7 Å². The van der Waals surface area contributed by atoms with Crippen LogP contribution in [0.5, 0.6) is 0 Å². The predicted molar refractivity (Wildman–Crippen MR) is 120 cm³/mol. The van der Waals surface area contributed by atoms with E-state index in [9.17, 15) is 13.6 Å². The molecule has 2 aliphatic heterocycles. The number of carbonyl (C=O) groups is 1. The van der Waals surface area contributed by atoms with Crippen LogP contribution in [0.15, 0.2) is 48.5 Å². The normalized spacial score (nSPS) is 15.8. The number of anilines is 2. The zero-order valence-corrected chi connectivity index (χ0v) is 17.9.